The molecule has 1 aliphatic carbocycles. The second-order valence-electron chi connectivity index (χ2n) is 8.89. The molecule has 0 radical (unpaired) electrons. The van der Waals surface area contributed by atoms with Gasteiger partial charge in [-0.2, -0.15) is 0 Å². The number of nitrogens with zero attached hydrogens (tertiary/aromatic N) is 3. The molecule has 6 nitrogen and oxygen atoms in total. The molecule has 4 rings (SSSR count). The molecule has 0 saturated heterocycles. The third-order valence-electron chi connectivity index (χ3n) is 6.53. The Labute approximate surface area is 196 Å². The van der Waals surface area contributed by atoms with Gasteiger partial charge in [-0.1, -0.05) is 31.2 Å². The van der Waals surface area contributed by atoms with Crippen molar-refractivity contribution in [2.24, 2.45) is 7.05 Å². The van der Waals surface area contributed by atoms with Crippen LogP contribution in [0.25, 0.3) is 11.4 Å². The molecule has 0 fully saturated rings. The van der Waals surface area contributed by atoms with Crippen LogP contribution in [0, 0.1) is 6.92 Å². The SMILES string of the molecule is CCO[C@H]1Cc2ccccc2C1Nc1c(CC)nc(-c2ccc(N(C)C)cc2C)n(C)c1=O. The number of anilines is 2. The monoisotopic (exact) mass is 446 g/mol. The number of fused-ring (bicyclic) bond motifs is 1. The summed E-state index contributed by atoms with van der Waals surface area (Å²) in [7, 11) is 5.85. The van der Waals surface area contributed by atoms with E-state index in [1.165, 1.54) is 11.1 Å². The Bertz CT molecular complexity index is 1220. The first-order valence-corrected chi connectivity index (χ1v) is 11.7. The quantitative estimate of drug-likeness (QED) is 0.579. The molecule has 1 aliphatic rings. The molecule has 0 aliphatic heterocycles. The number of hydrogen-bond acceptors (Lipinski definition) is 5. The summed E-state index contributed by atoms with van der Waals surface area (Å²) in [6, 6.07) is 14.5. The Morgan fingerprint density at radius 1 is 1.18 bits per heavy atom. The normalized spacial score (nSPS) is 17.2. The van der Waals surface area contributed by atoms with E-state index in [-0.39, 0.29) is 17.7 Å². The van der Waals surface area contributed by atoms with Crippen LogP contribution in [-0.2, 0) is 24.6 Å². The van der Waals surface area contributed by atoms with Gasteiger partial charge in [-0.05, 0) is 55.2 Å². The Hall–Kier alpha value is -3.12. The lowest BCUT2D eigenvalue weighted by Gasteiger charge is -2.24. The van der Waals surface area contributed by atoms with Crippen LogP contribution in [0.1, 0.15) is 42.3 Å². The molecule has 0 bridgehead atoms. The molecular weight excluding hydrogens is 412 g/mol. The Morgan fingerprint density at radius 2 is 1.94 bits per heavy atom. The molecule has 33 heavy (non-hydrogen) atoms. The molecular formula is C27H34N4O2. The minimum absolute atomic E-state index is 0.0117. The van der Waals surface area contributed by atoms with Crippen molar-refractivity contribution in [1.29, 1.82) is 0 Å². The van der Waals surface area contributed by atoms with E-state index >= 15 is 0 Å². The van der Waals surface area contributed by atoms with Crippen molar-refractivity contribution in [2.45, 2.75) is 45.8 Å². The van der Waals surface area contributed by atoms with Crippen LogP contribution in [0.3, 0.4) is 0 Å². The number of ether oxygens (including phenoxy) is 1. The van der Waals surface area contributed by atoms with Crippen molar-refractivity contribution in [3.05, 3.63) is 75.2 Å². The Kier molecular flexibility index (Phi) is 6.56. The highest BCUT2D eigenvalue weighted by atomic mass is 16.5. The molecule has 0 spiro atoms. The van der Waals surface area contributed by atoms with Crippen LogP contribution < -0.4 is 15.8 Å². The number of rotatable bonds is 7. The maximum atomic E-state index is 13.6. The van der Waals surface area contributed by atoms with E-state index in [4.69, 9.17) is 9.72 Å². The zero-order valence-electron chi connectivity index (χ0n) is 20.5. The van der Waals surface area contributed by atoms with Crippen molar-refractivity contribution >= 4 is 11.4 Å². The van der Waals surface area contributed by atoms with E-state index < -0.39 is 0 Å². The highest BCUT2D eigenvalue weighted by molar-refractivity contribution is 5.67. The van der Waals surface area contributed by atoms with Crippen LogP contribution in [0.5, 0.6) is 0 Å². The molecule has 2 aromatic carbocycles. The van der Waals surface area contributed by atoms with Crippen LogP contribution in [0.15, 0.2) is 47.3 Å². The highest BCUT2D eigenvalue weighted by Gasteiger charge is 2.34. The predicted octanol–water partition coefficient (Wildman–Crippen LogP) is 4.50. The molecule has 1 aromatic heterocycles. The second kappa shape index (κ2) is 9.40. The smallest absolute Gasteiger partial charge is 0.277 e. The standard InChI is InChI=1S/C27H34N4O2/c1-7-22-25(29-24-21-12-10-9-11-18(21)16-23(24)33-8-2)27(32)31(6)26(28-22)20-14-13-19(30(4)5)15-17(20)3/h9-15,23-24,29H,7-8,16H2,1-6H3/t23-,24?/m0/s1. The third kappa shape index (κ3) is 4.27. The van der Waals surface area contributed by atoms with Crippen molar-refractivity contribution in [3.63, 3.8) is 0 Å². The summed E-state index contributed by atoms with van der Waals surface area (Å²) in [6.07, 6.45) is 1.49. The zero-order chi connectivity index (χ0) is 23.7. The lowest BCUT2D eigenvalue weighted by atomic mass is 10.1. The van der Waals surface area contributed by atoms with Crippen LogP contribution in [0.2, 0.25) is 0 Å². The maximum absolute atomic E-state index is 13.6. The number of aryl methyl sites for hydroxylation is 2. The first kappa shape index (κ1) is 23.1. The van der Waals surface area contributed by atoms with E-state index in [2.05, 4.69) is 53.5 Å². The van der Waals surface area contributed by atoms with Gasteiger partial charge in [-0.25, -0.2) is 4.98 Å². The highest BCUT2D eigenvalue weighted by Crippen LogP contribution is 2.36. The molecule has 1 unspecified atom stereocenters. The van der Waals surface area contributed by atoms with Gasteiger partial charge in [-0.3, -0.25) is 9.36 Å². The van der Waals surface area contributed by atoms with Crippen molar-refractivity contribution in [3.8, 4) is 11.4 Å². The van der Waals surface area contributed by atoms with Crippen LogP contribution in [0.4, 0.5) is 11.4 Å². The van der Waals surface area contributed by atoms with Crippen LogP contribution in [-0.4, -0.2) is 36.4 Å². The molecule has 3 aromatic rings. The summed E-state index contributed by atoms with van der Waals surface area (Å²) in [5.41, 5.74) is 6.93. The van der Waals surface area contributed by atoms with Gasteiger partial charge in [0.1, 0.15) is 11.5 Å². The maximum Gasteiger partial charge on any atom is 0.277 e. The van der Waals surface area contributed by atoms with E-state index in [9.17, 15) is 4.79 Å². The summed E-state index contributed by atoms with van der Waals surface area (Å²) in [5, 5.41) is 3.55. The Balaban J connectivity index is 1.77. The fourth-order valence-electron chi connectivity index (χ4n) is 4.72. The first-order chi connectivity index (χ1) is 15.8. The van der Waals surface area contributed by atoms with E-state index in [0.29, 0.717) is 24.5 Å². The molecule has 6 heteroatoms. The van der Waals surface area contributed by atoms with E-state index in [0.717, 1.165) is 28.9 Å². The van der Waals surface area contributed by atoms with Gasteiger partial charge in [-0.15, -0.1) is 0 Å². The third-order valence-corrected chi connectivity index (χ3v) is 6.53. The summed E-state index contributed by atoms with van der Waals surface area (Å²) in [6.45, 7) is 6.75. The summed E-state index contributed by atoms with van der Waals surface area (Å²) >= 11 is 0. The van der Waals surface area contributed by atoms with Gasteiger partial charge < -0.3 is 15.0 Å². The summed E-state index contributed by atoms with van der Waals surface area (Å²) in [4.78, 5) is 20.6. The minimum atomic E-state index is -0.0760. The van der Waals surface area contributed by atoms with Gasteiger partial charge >= 0.3 is 0 Å². The molecule has 174 valence electrons. The second-order valence-corrected chi connectivity index (χ2v) is 8.89. The van der Waals surface area contributed by atoms with Crippen LogP contribution >= 0.6 is 0 Å². The van der Waals surface area contributed by atoms with Crippen molar-refractivity contribution in [1.82, 2.24) is 9.55 Å². The number of nitrogens with one attached hydrogen (secondary N) is 1. The number of benzene rings is 2. The average molecular weight is 447 g/mol. The topological polar surface area (TPSA) is 59.4 Å². The fraction of sp³-hybridized carbons (Fsp3) is 0.407. The zero-order valence-corrected chi connectivity index (χ0v) is 20.5. The molecule has 0 saturated carbocycles. The molecule has 2 atom stereocenters. The summed E-state index contributed by atoms with van der Waals surface area (Å²) in [5.74, 6) is 0.693. The van der Waals surface area contributed by atoms with Gasteiger partial charge in [0, 0.05) is 45.4 Å². The molecule has 1 heterocycles. The van der Waals surface area contributed by atoms with Crippen molar-refractivity contribution < 1.29 is 4.74 Å². The fourth-order valence-corrected chi connectivity index (χ4v) is 4.72. The minimum Gasteiger partial charge on any atom is -0.378 e. The van der Waals surface area contributed by atoms with Crippen molar-refractivity contribution in [2.75, 3.05) is 30.9 Å². The first-order valence-electron chi connectivity index (χ1n) is 11.7. The Morgan fingerprint density at radius 3 is 2.61 bits per heavy atom. The summed E-state index contributed by atoms with van der Waals surface area (Å²) < 4.78 is 7.72. The van der Waals surface area contributed by atoms with Gasteiger partial charge in [0.25, 0.3) is 5.56 Å². The predicted molar refractivity (Wildman–Crippen MR) is 135 cm³/mol. The molecule has 0 amide bonds. The lowest BCUT2D eigenvalue weighted by Crippen LogP contribution is -2.31. The molecule has 1 N–H and O–H groups in total. The van der Waals surface area contributed by atoms with Gasteiger partial charge in [0.2, 0.25) is 0 Å². The average Bonchev–Trinajstić information content (AvgIpc) is 3.14. The van der Waals surface area contributed by atoms with E-state index in [1.807, 2.05) is 34.0 Å². The van der Waals surface area contributed by atoms with Gasteiger partial charge in [0.05, 0.1) is 17.8 Å². The number of aromatic nitrogens is 2. The van der Waals surface area contributed by atoms with E-state index in [1.54, 1.807) is 11.6 Å². The largest absolute Gasteiger partial charge is 0.378 e. The number of hydrogen-bond donors (Lipinski definition) is 1. The van der Waals surface area contributed by atoms with Gasteiger partial charge in [0.15, 0.2) is 0 Å². The lowest BCUT2D eigenvalue weighted by molar-refractivity contribution is 0.0574.